The van der Waals surface area contributed by atoms with Crippen LogP contribution in [0.5, 0.6) is 0 Å². The minimum Gasteiger partial charge on any atom is -0.313 e. The van der Waals surface area contributed by atoms with Crippen molar-refractivity contribution >= 4 is 11.9 Å². The van der Waals surface area contributed by atoms with Gasteiger partial charge in [0, 0.05) is 5.71 Å². The van der Waals surface area contributed by atoms with Gasteiger partial charge in [-0.05, 0) is 57.7 Å². The molecule has 0 aliphatic heterocycles. The van der Waals surface area contributed by atoms with Gasteiger partial charge in [-0.25, -0.2) is 0 Å². The van der Waals surface area contributed by atoms with Crippen LogP contribution in [-0.4, -0.2) is 11.9 Å². The molecule has 0 spiro atoms. The average molecular weight is 222 g/mol. The van der Waals surface area contributed by atoms with Crippen molar-refractivity contribution in [3.05, 3.63) is 11.1 Å². The second-order valence-corrected chi connectivity index (χ2v) is 4.34. The normalized spacial score (nSPS) is 19.3. The summed E-state index contributed by atoms with van der Waals surface area (Å²) >= 11 is 0. The molecule has 1 fully saturated rings. The number of nitrogens with one attached hydrogen (secondary N) is 2. The topological polar surface area (TPSA) is 47.7 Å². The minimum atomic E-state index is 0.920. The molecular weight excluding hydrogens is 196 g/mol. The molecule has 0 aromatic rings. The summed E-state index contributed by atoms with van der Waals surface area (Å²) in [7, 11) is 0. The van der Waals surface area contributed by atoms with Gasteiger partial charge in [0.05, 0.1) is 0 Å². The Balaban J connectivity index is 0.000000673. The van der Waals surface area contributed by atoms with Gasteiger partial charge >= 0.3 is 0 Å². The van der Waals surface area contributed by atoms with Crippen LogP contribution in [0.25, 0.3) is 0 Å². The summed E-state index contributed by atoms with van der Waals surface area (Å²) in [6.45, 7) is 6.09. The molecule has 0 aromatic heterocycles. The van der Waals surface area contributed by atoms with Crippen LogP contribution in [0, 0.1) is 10.8 Å². The molecule has 0 bridgehead atoms. The quantitative estimate of drug-likeness (QED) is 0.500. The molecule has 2 heteroatoms. The van der Waals surface area contributed by atoms with Gasteiger partial charge in [0.2, 0.25) is 0 Å². The first-order chi connectivity index (χ1) is 7.67. The van der Waals surface area contributed by atoms with E-state index in [4.69, 9.17) is 10.8 Å². The summed E-state index contributed by atoms with van der Waals surface area (Å²) < 4.78 is 0. The Morgan fingerprint density at radius 1 is 1.25 bits per heavy atom. The van der Waals surface area contributed by atoms with Gasteiger partial charge in [-0.1, -0.05) is 25.3 Å². The van der Waals surface area contributed by atoms with Crippen molar-refractivity contribution < 1.29 is 0 Å². The van der Waals surface area contributed by atoms with E-state index in [2.05, 4.69) is 13.8 Å². The van der Waals surface area contributed by atoms with Gasteiger partial charge in [0.15, 0.2) is 0 Å². The van der Waals surface area contributed by atoms with Crippen LogP contribution < -0.4 is 0 Å². The van der Waals surface area contributed by atoms with Gasteiger partial charge in [-0.3, -0.25) is 0 Å². The number of allylic oxidation sites excluding steroid dienone is 2. The lowest BCUT2D eigenvalue weighted by atomic mass is 9.97. The van der Waals surface area contributed by atoms with E-state index in [1.807, 2.05) is 0 Å². The highest BCUT2D eigenvalue weighted by Crippen LogP contribution is 2.24. The maximum absolute atomic E-state index is 7.94. The van der Waals surface area contributed by atoms with Crippen molar-refractivity contribution in [3.63, 3.8) is 0 Å². The van der Waals surface area contributed by atoms with Crippen LogP contribution in [0.15, 0.2) is 11.1 Å². The average Bonchev–Trinajstić information content (AvgIpc) is 2.44. The molecule has 2 N–H and O–H groups in total. The van der Waals surface area contributed by atoms with Gasteiger partial charge in [0.1, 0.15) is 0 Å². The fourth-order valence-electron chi connectivity index (χ4n) is 2.08. The molecule has 0 saturated heterocycles. The van der Waals surface area contributed by atoms with Gasteiger partial charge in [-0.2, -0.15) is 0 Å². The lowest BCUT2D eigenvalue weighted by molar-refractivity contribution is 0.721. The first-order valence-corrected chi connectivity index (χ1v) is 6.38. The Bertz CT molecular complexity index is 251. The van der Waals surface area contributed by atoms with E-state index in [1.54, 1.807) is 6.92 Å². The lowest BCUT2D eigenvalue weighted by Crippen LogP contribution is -2.01. The third-order valence-corrected chi connectivity index (χ3v) is 2.86. The fraction of sp³-hybridized carbons (Fsp3) is 0.714. The molecular formula is C14H26N2. The molecule has 2 nitrogen and oxygen atoms in total. The van der Waals surface area contributed by atoms with Crippen molar-refractivity contribution in [2.24, 2.45) is 0 Å². The van der Waals surface area contributed by atoms with Crippen LogP contribution in [0.4, 0.5) is 0 Å². The van der Waals surface area contributed by atoms with E-state index >= 15 is 0 Å². The van der Waals surface area contributed by atoms with E-state index in [0.717, 1.165) is 18.6 Å². The summed E-state index contributed by atoms with van der Waals surface area (Å²) in [4.78, 5) is 0. The van der Waals surface area contributed by atoms with Crippen molar-refractivity contribution in [2.75, 3.05) is 0 Å². The molecule has 1 saturated carbocycles. The van der Waals surface area contributed by atoms with Crippen LogP contribution in [0.1, 0.15) is 65.7 Å². The third-order valence-electron chi connectivity index (χ3n) is 2.86. The van der Waals surface area contributed by atoms with Gasteiger partial charge in [-0.15, -0.1) is 0 Å². The Morgan fingerprint density at radius 2 is 1.81 bits per heavy atom. The van der Waals surface area contributed by atoms with Crippen LogP contribution in [-0.2, 0) is 0 Å². The van der Waals surface area contributed by atoms with Crippen LogP contribution in [0.2, 0.25) is 0 Å². The summed E-state index contributed by atoms with van der Waals surface area (Å²) in [5.74, 6) is 0. The highest BCUT2D eigenvalue weighted by atomic mass is 14.4. The van der Waals surface area contributed by atoms with Crippen LogP contribution in [0.3, 0.4) is 0 Å². The van der Waals surface area contributed by atoms with Crippen molar-refractivity contribution in [1.82, 2.24) is 0 Å². The van der Waals surface area contributed by atoms with E-state index in [1.165, 1.54) is 49.5 Å². The third kappa shape index (κ3) is 5.84. The Kier molecular flexibility index (Phi) is 8.78. The molecule has 92 valence electrons. The Hall–Kier alpha value is -0.920. The maximum atomic E-state index is 7.94. The predicted octanol–water partition coefficient (Wildman–Crippen LogP) is 4.74. The molecule has 0 unspecified atom stereocenters. The number of rotatable bonds is 2. The SMILES string of the molecule is CC=N.CCC/C(C)=C1\CCCCCC1=N. The lowest BCUT2D eigenvalue weighted by Gasteiger charge is -2.09. The predicted molar refractivity (Wildman–Crippen MR) is 72.9 cm³/mol. The fourth-order valence-corrected chi connectivity index (χ4v) is 2.08. The highest BCUT2D eigenvalue weighted by Gasteiger charge is 2.11. The van der Waals surface area contributed by atoms with E-state index < -0.39 is 0 Å². The summed E-state index contributed by atoms with van der Waals surface area (Å²) in [6, 6.07) is 0. The Labute approximate surface area is 100 Å². The maximum Gasteiger partial charge on any atom is 0.0345 e. The Morgan fingerprint density at radius 3 is 2.38 bits per heavy atom. The first kappa shape index (κ1) is 15.1. The molecule has 1 aliphatic rings. The van der Waals surface area contributed by atoms with Crippen molar-refractivity contribution in [2.45, 2.75) is 65.7 Å². The first-order valence-electron chi connectivity index (χ1n) is 6.38. The van der Waals surface area contributed by atoms with Gasteiger partial charge < -0.3 is 10.8 Å². The second kappa shape index (κ2) is 9.32. The zero-order valence-electron chi connectivity index (χ0n) is 11.0. The zero-order valence-corrected chi connectivity index (χ0v) is 11.0. The standard InChI is InChI=1S/C12H21N.C2H5N/c1-3-7-10(2)11-8-5-4-6-9-12(11)13;1-2-3/h13H,3-9H2,1-2H3;2-3H,1H3/b11-10+,13-12?;. The molecule has 0 aromatic carbocycles. The minimum absolute atomic E-state index is 0.920. The summed E-state index contributed by atoms with van der Waals surface area (Å²) in [5, 5.41) is 14.0. The second-order valence-electron chi connectivity index (χ2n) is 4.34. The molecule has 16 heavy (non-hydrogen) atoms. The molecule has 1 aliphatic carbocycles. The highest BCUT2D eigenvalue weighted by molar-refractivity contribution is 5.98. The van der Waals surface area contributed by atoms with E-state index in [9.17, 15) is 0 Å². The molecule has 1 rings (SSSR count). The molecule has 0 amide bonds. The van der Waals surface area contributed by atoms with E-state index in [0.29, 0.717) is 0 Å². The van der Waals surface area contributed by atoms with E-state index in [-0.39, 0.29) is 0 Å². The zero-order chi connectivity index (χ0) is 12.4. The molecule has 0 radical (unpaired) electrons. The number of hydrogen-bond acceptors (Lipinski definition) is 2. The molecule has 0 heterocycles. The summed E-state index contributed by atoms with van der Waals surface area (Å²) in [5.41, 5.74) is 3.76. The van der Waals surface area contributed by atoms with Gasteiger partial charge in [0.25, 0.3) is 0 Å². The summed E-state index contributed by atoms with van der Waals surface area (Å²) in [6.07, 6.45) is 9.63. The monoisotopic (exact) mass is 222 g/mol. The van der Waals surface area contributed by atoms with Crippen molar-refractivity contribution in [1.29, 1.82) is 10.8 Å². The largest absolute Gasteiger partial charge is 0.313 e. The van der Waals surface area contributed by atoms with Crippen LogP contribution >= 0.6 is 0 Å². The molecule has 0 atom stereocenters. The number of hydrogen-bond donors (Lipinski definition) is 2. The smallest absolute Gasteiger partial charge is 0.0345 e. The van der Waals surface area contributed by atoms with Crippen molar-refractivity contribution in [3.8, 4) is 0 Å².